The van der Waals surface area contributed by atoms with Crippen LogP contribution < -0.4 is 11.1 Å². The average Bonchev–Trinajstić information content (AvgIpc) is 2.48. The molecule has 2 aromatic carbocycles. The van der Waals surface area contributed by atoms with E-state index in [2.05, 4.69) is 31.3 Å². The Balaban J connectivity index is 2.29. The van der Waals surface area contributed by atoms with Crippen molar-refractivity contribution in [2.45, 2.75) is 26.7 Å². The van der Waals surface area contributed by atoms with Crippen LogP contribution in [-0.2, 0) is 12.8 Å². The first kappa shape index (κ1) is 14.1. The van der Waals surface area contributed by atoms with Crippen LogP contribution in [0.3, 0.4) is 0 Å². The Bertz CT molecular complexity index is 581. The second kappa shape index (κ2) is 6.24. The molecule has 0 unspecified atom stereocenters. The van der Waals surface area contributed by atoms with E-state index in [4.69, 9.17) is 5.73 Å². The minimum atomic E-state index is -0.0967. The molecule has 0 saturated heterocycles. The van der Waals surface area contributed by atoms with Crippen LogP contribution >= 0.6 is 0 Å². The van der Waals surface area contributed by atoms with E-state index < -0.39 is 0 Å². The quantitative estimate of drug-likeness (QED) is 0.832. The fourth-order valence-corrected chi connectivity index (χ4v) is 2.22. The number of nitrogens with two attached hydrogens (primary N) is 1. The number of nitrogen functional groups attached to an aromatic ring is 1. The van der Waals surface area contributed by atoms with E-state index in [0.717, 1.165) is 29.7 Å². The molecule has 0 bridgehead atoms. The number of aryl methyl sites for hydroxylation is 2. The normalized spacial score (nSPS) is 10.3. The van der Waals surface area contributed by atoms with Gasteiger partial charge < -0.3 is 11.1 Å². The summed E-state index contributed by atoms with van der Waals surface area (Å²) in [5.41, 5.74) is 10.2. The standard InChI is InChI=1S/C17H20N2O/c1-3-12-6-5-7-13(4-2)16(12)19-17(20)14-8-10-15(18)11-9-14/h5-11H,3-4,18H2,1-2H3,(H,19,20). The van der Waals surface area contributed by atoms with Gasteiger partial charge in [-0.3, -0.25) is 4.79 Å². The highest BCUT2D eigenvalue weighted by molar-refractivity contribution is 6.05. The van der Waals surface area contributed by atoms with Crippen molar-refractivity contribution >= 4 is 17.3 Å². The molecule has 20 heavy (non-hydrogen) atoms. The van der Waals surface area contributed by atoms with E-state index in [1.54, 1.807) is 24.3 Å². The van der Waals surface area contributed by atoms with Gasteiger partial charge in [-0.25, -0.2) is 0 Å². The molecule has 0 aliphatic heterocycles. The van der Waals surface area contributed by atoms with Gasteiger partial charge in [0, 0.05) is 16.9 Å². The number of amides is 1. The zero-order chi connectivity index (χ0) is 14.5. The SMILES string of the molecule is CCc1cccc(CC)c1NC(=O)c1ccc(N)cc1. The summed E-state index contributed by atoms with van der Waals surface area (Å²) in [6, 6.07) is 13.1. The second-order valence-electron chi connectivity index (χ2n) is 4.73. The molecule has 0 atom stereocenters. The van der Waals surface area contributed by atoms with Crippen LogP contribution in [0.15, 0.2) is 42.5 Å². The summed E-state index contributed by atoms with van der Waals surface area (Å²) in [6.45, 7) is 4.18. The molecule has 0 saturated carbocycles. The van der Waals surface area contributed by atoms with Crippen molar-refractivity contribution in [3.05, 3.63) is 59.2 Å². The molecule has 0 aliphatic rings. The summed E-state index contributed by atoms with van der Waals surface area (Å²) in [4.78, 5) is 12.3. The summed E-state index contributed by atoms with van der Waals surface area (Å²) in [5.74, 6) is -0.0967. The largest absolute Gasteiger partial charge is 0.399 e. The van der Waals surface area contributed by atoms with Gasteiger partial charge in [0.15, 0.2) is 0 Å². The minimum Gasteiger partial charge on any atom is -0.399 e. The maximum absolute atomic E-state index is 12.3. The van der Waals surface area contributed by atoms with Gasteiger partial charge in [-0.2, -0.15) is 0 Å². The van der Waals surface area contributed by atoms with Gasteiger partial charge in [0.05, 0.1) is 0 Å². The summed E-state index contributed by atoms with van der Waals surface area (Å²) < 4.78 is 0. The average molecular weight is 268 g/mol. The van der Waals surface area contributed by atoms with E-state index in [9.17, 15) is 4.79 Å². The summed E-state index contributed by atoms with van der Waals surface area (Å²) in [7, 11) is 0. The zero-order valence-electron chi connectivity index (χ0n) is 11.9. The minimum absolute atomic E-state index is 0.0967. The number of para-hydroxylation sites is 1. The number of benzene rings is 2. The smallest absolute Gasteiger partial charge is 0.255 e. The molecule has 3 N–H and O–H groups in total. The zero-order valence-corrected chi connectivity index (χ0v) is 11.9. The fourth-order valence-electron chi connectivity index (χ4n) is 2.22. The van der Waals surface area contributed by atoms with Gasteiger partial charge >= 0.3 is 0 Å². The fraction of sp³-hybridized carbons (Fsp3) is 0.235. The van der Waals surface area contributed by atoms with Gasteiger partial charge in [-0.05, 0) is 48.2 Å². The van der Waals surface area contributed by atoms with Crippen molar-refractivity contribution < 1.29 is 4.79 Å². The highest BCUT2D eigenvalue weighted by atomic mass is 16.1. The van der Waals surface area contributed by atoms with E-state index in [0.29, 0.717) is 11.3 Å². The molecule has 0 fully saturated rings. The lowest BCUT2D eigenvalue weighted by molar-refractivity contribution is 0.102. The van der Waals surface area contributed by atoms with Crippen molar-refractivity contribution in [3.63, 3.8) is 0 Å². The van der Waals surface area contributed by atoms with Crippen molar-refractivity contribution in [2.24, 2.45) is 0 Å². The lowest BCUT2D eigenvalue weighted by atomic mass is 10.0. The number of carbonyl (C=O) groups excluding carboxylic acids is 1. The van der Waals surface area contributed by atoms with Gasteiger partial charge in [0.2, 0.25) is 0 Å². The molecule has 0 spiro atoms. The van der Waals surface area contributed by atoms with Crippen LogP contribution in [0.4, 0.5) is 11.4 Å². The van der Waals surface area contributed by atoms with E-state index in [-0.39, 0.29) is 5.91 Å². The molecule has 2 aromatic rings. The number of hydrogen-bond acceptors (Lipinski definition) is 2. The number of anilines is 2. The predicted octanol–water partition coefficient (Wildman–Crippen LogP) is 3.65. The van der Waals surface area contributed by atoms with Crippen molar-refractivity contribution in [1.29, 1.82) is 0 Å². The first-order valence-corrected chi connectivity index (χ1v) is 6.93. The molecule has 104 valence electrons. The van der Waals surface area contributed by atoms with E-state index in [1.165, 1.54) is 0 Å². The summed E-state index contributed by atoms with van der Waals surface area (Å²) in [5, 5.41) is 3.04. The molecule has 3 heteroatoms. The Kier molecular flexibility index (Phi) is 4.41. The molecule has 0 aromatic heterocycles. The Morgan fingerprint density at radius 2 is 1.55 bits per heavy atom. The van der Waals surface area contributed by atoms with Crippen molar-refractivity contribution in [3.8, 4) is 0 Å². The van der Waals surface area contributed by atoms with Gasteiger partial charge in [0.1, 0.15) is 0 Å². The van der Waals surface area contributed by atoms with Gasteiger partial charge in [-0.1, -0.05) is 32.0 Å². The number of hydrogen-bond donors (Lipinski definition) is 2. The highest BCUT2D eigenvalue weighted by Crippen LogP contribution is 2.23. The van der Waals surface area contributed by atoms with Crippen LogP contribution in [0.5, 0.6) is 0 Å². The Morgan fingerprint density at radius 3 is 2.05 bits per heavy atom. The topological polar surface area (TPSA) is 55.1 Å². The lowest BCUT2D eigenvalue weighted by Crippen LogP contribution is -2.14. The Hall–Kier alpha value is -2.29. The highest BCUT2D eigenvalue weighted by Gasteiger charge is 2.11. The number of nitrogens with one attached hydrogen (secondary N) is 1. The number of carbonyl (C=O) groups is 1. The third-order valence-corrected chi connectivity index (χ3v) is 3.41. The van der Waals surface area contributed by atoms with Gasteiger partial charge in [-0.15, -0.1) is 0 Å². The maximum Gasteiger partial charge on any atom is 0.255 e. The van der Waals surface area contributed by atoms with Crippen molar-refractivity contribution in [2.75, 3.05) is 11.1 Å². The lowest BCUT2D eigenvalue weighted by Gasteiger charge is -2.14. The first-order valence-electron chi connectivity index (χ1n) is 6.93. The molecular formula is C17H20N2O. The van der Waals surface area contributed by atoms with E-state index >= 15 is 0 Å². The summed E-state index contributed by atoms with van der Waals surface area (Å²) in [6.07, 6.45) is 1.79. The summed E-state index contributed by atoms with van der Waals surface area (Å²) >= 11 is 0. The predicted molar refractivity (Wildman–Crippen MR) is 84.0 cm³/mol. The molecule has 0 aliphatic carbocycles. The van der Waals surface area contributed by atoms with Crippen LogP contribution in [0.25, 0.3) is 0 Å². The molecule has 0 heterocycles. The van der Waals surface area contributed by atoms with Crippen LogP contribution in [-0.4, -0.2) is 5.91 Å². The molecular weight excluding hydrogens is 248 g/mol. The van der Waals surface area contributed by atoms with Crippen LogP contribution in [0, 0.1) is 0 Å². The molecule has 1 amide bonds. The number of rotatable bonds is 4. The second-order valence-corrected chi connectivity index (χ2v) is 4.73. The van der Waals surface area contributed by atoms with Crippen molar-refractivity contribution in [1.82, 2.24) is 0 Å². The third-order valence-electron chi connectivity index (χ3n) is 3.41. The molecule has 3 nitrogen and oxygen atoms in total. The van der Waals surface area contributed by atoms with Gasteiger partial charge in [0.25, 0.3) is 5.91 Å². The van der Waals surface area contributed by atoms with Crippen LogP contribution in [0.2, 0.25) is 0 Å². The maximum atomic E-state index is 12.3. The Morgan fingerprint density at radius 1 is 1.00 bits per heavy atom. The van der Waals surface area contributed by atoms with Crippen LogP contribution in [0.1, 0.15) is 35.3 Å². The monoisotopic (exact) mass is 268 g/mol. The third kappa shape index (κ3) is 2.99. The van der Waals surface area contributed by atoms with E-state index in [1.807, 2.05) is 6.07 Å². The Labute approximate surface area is 119 Å². The molecule has 2 rings (SSSR count). The first-order chi connectivity index (χ1) is 9.65. The molecule has 0 radical (unpaired) electrons.